The molecule has 0 aromatic heterocycles. The highest BCUT2D eigenvalue weighted by atomic mass is 79.9. The van der Waals surface area contributed by atoms with E-state index in [9.17, 15) is 26.4 Å². The third-order valence-electron chi connectivity index (χ3n) is 4.71. The molecule has 3 aromatic rings. The number of fused-ring (bicyclic) bond motifs is 1. The normalized spacial score (nSPS) is 14.9. The van der Waals surface area contributed by atoms with Gasteiger partial charge in [-0.3, -0.25) is 9.52 Å². The molecule has 1 aliphatic rings. The number of carbonyl (C=O) groups is 1. The van der Waals surface area contributed by atoms with Crippen molar-refractivity contribution in [1.82, 2.24) is 0 Å². The molecule has 0 atom stereocenters. The largest absolute Gasteiger partial charge is 0.416 e. The minimum atomic E-state index is -4.52. The number of rotatable bonds is 4. The van der Waals surface area contributed by atoms with Gasteiger partial charge < -0.3 is 5.32 Å². The van der Waals surface area contributed by atoms with E-state index in [1.807, 2.05) is 12.1 Å². The molecule has 0 aliphatic carbocycles. The smallest absolute Gasteiger partial charge is 0.321 e. The van der Waals surface area contributed by atoms with Gasteiger partial charge >= 0.3 is 6.18 Å². The van der Waals surface area contributed by atoms with Crippen molar-refractivity contribution in [3.8, 4) is 0 Å². The van der Waals surface area contributed by atoms with Crippen LogP contribution in [0.15, 0.2) is 76.1 Å². The lowest BCUT2D eigenvalue weighted by molar-refractivity contribution is -0.137. The number of sulfonamides is 1. The molecule has 0 fully saturated rings. The summed E-state index contributed by atoms with van der Waals surface area (Å²) in [6.45, 7) is 0. The third-order valence-corrected chi connectivity index (χ3v) is 6.58. The Balaban J connectivity index is 1.66. The van der Waals surface area contributed by atoms with Crippen LogP contribution in [0.5, 0.6) is 0 Å². The number of anilines is 2. The SMILES string of the molecule is O=C1Nc2ccc(S(=O)(=O)Nc3ccc(C(F)(F)F)cc3)cc2C1=Cc1cccc(Br)c1. The second kappa shape index (κ2) is 8.10. The fourth-order valence-electron chi connectivity index (χ4n) is 3.18. The van der Waals surface area contributed by atoms with Crippen LogP contribution < -0.4 is 10.0 Å². The van der Waals surface area contributed by atoms with Crippen LogP contribution in [0.25, 0.3) is 11.6 Å². The number of benzene rings is 3. The molecule has 4 rings (SSSR count). The molecular formula is C22H14BrF3N2O3S. The molecule has 0 bridgehead atoms. The lowest BCUT2D eigenvalue weighted by Crippen LogP contribution is -2.13. The zero-order valence-electron chi connectivity index (χ0n) is 16.1. The van der Waals surface area contributed by atoms with Crippen molar-refractivity contribution in [2.75, 3.05) is 10.0 Å². The van der Waals surface area contributed by atoms with Gasteiger partial charge in [-0.05, 0) is 66.2 Å². The Morgan fingerprint density at radius 1 is 0.969 bits per heavy atom. The lowest BCUT2D eigenvalue weighted by Gasteiger charge is -2.11. The molecule has 164 valence electrons. The minimum Gasteiger partial charge on any atom is -0.321 e. The Morgan fingerprint density at radius 2 is 1.69 bits per heavy atom. The van der Waals surface area contributed by atoms with Crippen LogP contribution in [-0.2, 0) is 21.0 Å². The van der Waals surface area contributed by atoms with Gasteiger partial charge in [-0.15, -0.1) is 0 Å². The van der Waals surface area contributed by atoms with Crippen molar-refractivity contribution in [2.24, 2.45) is 0 Å². The van der Waals surface area contributed by atoms with Gasteiger partial charge in [0.2, 0.25) is 0 Å². The number of alkyl halides is 3. The predicted octanol–water partition coefficient (Wildman–Crippen LogP) is 5.76. The molecule has 1 amide bonds. The molecule has 0 unspecified atom stereocenters. The van der Waals surface area contributed by atoms with E-state index < -0.39 is 21.8 Å². The molecule has 0 saturated heterocycles. The summed E-state index contributed by atoms with van der Waals surface area (Å²) in [5.74, 6) is -0.370. The zero-order valence-corrected chi connectivity index (χ0v) is 18.5. The van der Waals surface area contributed by atoms with E-state index in [0.717, 1.165) is 34.3 Å². The fraction of sp³-hybridized carbons (Fsp3) is 0.0455. The summed E-state index contributed by atoms with van der Waals surface area (Å²) in [6, 6.07) is 15.0. The van der Waals surface area contributed by atoms with Crippen molar-refractivity contribution in [3.63, 3.8) is 0 Å². The average molecular weight is 523 g/mol. The number of hydrogen-bond acceptors (Lipinski definition) is 3. The monoisotopic (exact) mass is 522 g/mol. The van der Waals surface area contributed by atoms with Gasteiger partial charge in [0, 0.05) is 27.0 Å². The summed E-state index contributed by atoms with van der Waals surface area (Å²) >= 11 is 3.36. The van der Waals surface area contributed by atoms with E-state index in [2.05, 4.69) is 26.0 Å². The van der Waals surface area contributed by atoms with Crippen LogP contribution in [0.3, 0.4) is 0 Å². The summed E-state index contributed by atoms with van der Waals surface area (Å²) in [5.41, 5.74) is 1.01. The molecule has 1 aliphatic heterocycles. The second-order valence-electron chi connectivity index (χ2n) is 6.96. The van der Waals surface area contributed by atoms with E-state index >= 15 is 0 Å². The molecule has 1 heterocycles. The Kier molecular flexibility index (Phi) is 5.59. The van der Waals surface area contributed by atoms with E-state index in [4.69, 9.17) is 0 Å². The molecule has 10 heteroatoms. The summed E-state index contributed by atoms with van der Waals surface area (Å²) in [5, 5.41) is 2.69. The summed E-state index contributed by atoms with van der Waals surface area (Å²) < 4.78 is 66.9. The van der Waals surface area contributed by atoms with Crippen LogP contribution in [0, 0.1) is 0 Å². The van der Waals surface area contributed by atoms with Gasteiger partial charge in [0.15, 0.2) is 0 Å². The van der Waals surface area contributed by atoms with Gasteiger partial charge in [-0.25, -0.2) is 8.42 Å². The minimum absolute atomic E-state index is 0.0161. The highest BCUT2D eigenvalue weighted by Crippen LogP contribution is 2.36. The summed E-state index contributed by atoms with van der Waals surface area (Å²) in [6.07, 6.45) is -2.88. The molecule has 0 radical (unpaired) electrons. The second-order valence-corrected chi connectivity index (χ2v) is 9.55. The first kappa shape index (κ1) is 22.1. The van der Waals surface area contributed by atoms with Crippen LogP contribution in [0.1, 0.15) is 16.7 Å². The number of amides is 1. The van der Waals surface area contributed by atoms with Gasteiger partial charge in [0.05, 0.1) is 10.5 Å². The molecule has 0 spiro atoms. The van der Waals surface area contributed by atoms with Gasteiger partial charge in [0.25, 0.3) is 15.9 Å². The first-order valence-electron chi connectivity index (χ1n) is 9.16. The quantitative estimate of drug-likeness (QED) is 0.427. The Hall–Kier alpha value is -3.11. The van der Waals surface area contributed by atoms with Crippen LogP contribution in [-0.4, -0.2) is 14.3 Å². The van der Waals surface area contributed by atoms with E-state index in [1.54, 1.807) is 18.2 Å². The molecular weight excluding hydrogens is 509 g/mol. The highest BCUT2D eigenvalue weighted by Gasteiger charge is 2.30. The fourth-order valence-corrected chi connectivity index (χ4v) is 4.68. The van der Waals surface area contributed by atoms with Gasteiger partial charge in [0.1, 0.15) is 0 Å². The topological polar surface area (TPSA) is 75.3 Å². The summed E-state index contributed by atoms with van der Waals surface area (Å²) in [7, 11) is -4.11. The van der Waals surface area contributed by atoms with Crippen molar-refractivity contribution < 1.29 is 26.4 Å². The Labute approximate surface area is 190 Å². The Bertz CT molecular complexity index is 1350. The van der Waals surface area contributed by atoms with E-state index in [1.165, 1.54) is 18.2 Å². The third kappa shape index (κ3) is 4.56. The predicted molar refractivity (Wildman–Crippen MR) is 119 cm³/mol. The van der Waals surface area contributed by atoms with Crippen molar-refractivity contribution in [3.05, 3.63) is 87.9 Å². The first-order valence-corrected chi connectivity index (χ1v) is 11.4. The molecule has 32 heavy (non-hydrogen) atoms. The zero-order chi connectivity index (χ0) is 23.1. The number of nitrogens with one attached hydrogen (secondary N) is 2. The molecule has 5 nitrogen and oxygen atoms in total. The molecule has 3 aromatic carbocycles. The van der Waals surface area contributed by atoms with Crippen molar-refractivity contribution >= 4 is 54.9 Å². The lowest BCUT2D eigenvalue weighted by atomic mass is 10.0. The van der Waals surface area contributed by atoms with Gasteiger partial charge in [-0.2, -0.15) is 13.2 Å². The van der Waals surface area contributed by atoms with Crippen LogP contribution in [0.2, 0.25) is 0 Å². The molecule has 0 saturated carbocycles. The average Bonchev–Trinajstić information content (AvgIpc) is 3.02. The van der Waals surface area contributed by atoms with E-state index in [0.29, 0.717) is 16.8 Å². The standard InChI is InChI=1S/C22H14BrF3N2O3S/c23-15-3-1-2-13(10-15)11-19-18-12-17(8-9-20(18)27-21(19)29)32(30,31)28-16-6-4-14(5-7-16)22(24,25)26/h1-12,28H,(H,27,29). The van der Waals surface area contributed by atoms with Gasteiger partial charge in [-0.1, -0.05) is 28.1 Å². The number of halogens is 4. The maximum atomic E-state index is 12.8. The van der Waals surface area contributed by atoms with Crippen LogP contribution in [0.4, 0.5) is 24.5 Å². The van der Waals surface area contributed by atoms with E-state index in [-0.39, 0.29) is 16.5 Å². The number of carbonyl (C=O) groups excluding carboxylic acids is 1. The van der Waals surface area contributed by atoms with Crippen molar-refractivity contribution in [2.45, 2.75) is 11.1 Å². The molecule has 2 N–H and O–H groups in total. The first-order chi connectivity index (χ1) is 15.0. The Morgan fingerprint density at radius 3 is 2.34 bits per heavy atom. The maximum Gasteiger partial charge on any atom is 0.416 e. The summed E-state index contributed by atoms with van der Waals surface area (Å²) in [4.78, 5) is 12.3. The number of hydrogen-bond donors (Lipinski definition) is 2. The maximum absolute atomic E-state index is 12.8. The van der Waals surface area contributed by atoms with Crippen LogP contribution >= 0.6 is 15.9 Å². The van der Waals surface area contributed by atoms with Crippen molar-refractivity contribution in [1.29, 1.82) is 0 Å². The highest BCUT2D eigenvalue weighted by molar-refractivity contribution is 9.10.